The molecule has 0 radical (unpaired) electrons. The Hall–Kier alpha value is -3.06. The summed E-state index contributed by atoms with van der Waals surface area (Å²) in [7, 11) is 0. The highest BCUT2D eigenvalue weighted by atomic mass is 19.1. The number of piperidine rings is 1. The third-order valence-electron chi connectivity index (χ3n) is 5.04. The van der Waals surface area contributed by atoms with Crippen LogP contribution < -0.4 is 5.73 Å². The molecule has 0 atom stereocenters. The molecule has 1 saturated heterocycles. The van der Waals surface area contributed by atoms with Crippen LogP contribution in [0.4, 0.5) is 4.39 Å². The minimum Gasteiger partial charge on any atom is -0.386 e. The van der Waals surface area contributed by atoms with Gasteiger partial charge in [-0.3, -0.25) is 15.4 Å². The molecule has 0 amide bonds. The van der Waals surface area contributed by atoms with Crippen molar-refractivity contribution in [3.05, 3.63) is 53.8 Å². The quantitative estimate of drug-likeness (QED) is 0.479. The second-order valence-corrected chi connectivity index (χ2v) is 7.13. The van der Waals surface area contributed by atoms with Crippen molar-refractivity contribution in [2.45, 2.75) is 19.3 Å². The Morgan fingerprint density at radius 3 is 2.64 bits per heavy atom. The molecule has 28 heavy (non-hydrogen) atoms. The average Bonchev–Trinajstić information content (AvgIpc) is 3.12. The largest absolute Gasteiger partial charge is 0.386 e. The van der Waals surface area contributed by atoms with E-state index < -0.39 is 0 Å². The highest BCUT2D eigenvalue weighted by Crippen LogP contribution is 2.27. The van der Waals surface area contributed by atoms with Crippen molar-refractivity contribution < 1.29 is 4.39 Å². The molecule has 2 aromatic carbocycles. The van der Waals surface area contributed by atoms with Crippen LogP contribution in [0.5, 0.6) is 0 Å². The van der Waals surface area contributed by atoms with E-state index in [1.165, 1.54) is 31.4 Å². The van der Waals surface area contributed by atoms with Crippen LogP contribution in [0.1, 0.15) is 24.8 Å². The summed E-state index contributed by atoms with van der Waals surface area (Å²) in [6.07, 6.45) is 3.65. The van der Waals surface area contributed by atoms with E-state index in [9.17, 15) is 4.39 Å². The van der Waals surface area contributed by atoms with E-state index in [4.69, 9.17) is 11.1 Å². The van der Waals surface area contributed by atoms with Crippen LogP contribution in [-0.4, -0.2) is 46.4 Å². The maximum absolute atomic E-state index is 13.2. The van der Waals surface area contributed by atoms with Gasteiger partial charge in [-0.15, -0.1) is 0 Å². The first-order valence-electron chi connectivity index (χ1n) is 9.48. The molecule has 2 heterocycles. The number of amidine groups is 2. The Morgan fingerprint density at radius 1 is 1.14 bits per heavy atom. The number of hydrogen-bond donors (Lipinski definition) is 3. The van der Waals surface area contributed by atoms with Gasteiger partial charge in [0.05, 0.1) is 17.8 Å². The standard InChI is InChI=1S/C21H23FN6/c22-16-7-4-14(5-8-16)20-17-12-15(6-9-18(17)26-27-20)21(24)25-19(23)13-28-10-2-1-3-11-28/h4-9,12H,1-3,10-11,13H2,(H,26,27)(H3,23,24,25). The predicted octanol–water partition coefficient (Wildman–Crippen LogP) is 3.54. The topological polar surface area (TPSA) is 94.1 Å². The molecule has 1 aliphatic rings. The number of aliphatic imine (C=N–C) groups is 1. The Bertz CT molecular complexity index is 1020. The molecular formula is C21H23FN6. The minimum atomic E-state index is -0.287. The number of rotatable bonds is 4. The lowest BCUT2D eigenvalue weighted by Crippen LogP contribution is -2.37. The Kier molecular flexibility index (Phi) is 5.16. The highest BCUT2D eigenvalue weighted by Gasteiger charge is 2.13. The van der Waals surface area contributed by atoms with E-state index in [2.05, 4.69) is 20.1 Å². The van der Waals surface area contributed by atoms with E-state index in [-0.39, 0.29) is 11.7 Å². The van der Waals surface area contributed by atoms with E-state index in [0.29, 0.717) is 17.9 Å². The van der Waals surface area contributed by atoms with Crippen LogP contribution in [0, 0.1) is 11.2 Å². The first-order chi connectivity index (χ1) is 13.6. The molecule has 1 aromatic heterocycles. The van der Waals surface area contributed by atoms with Gasteiger partial charge in [-0.2, -0.15) is 5.10 Å². The van der Waals surface area contributed by atoms with Gasteiger partial charge < -0.3 is 5.73 Å². The summed E-state index contributed by atoms with van der Waals surface area (Å²) in [5.74, 6) is 0.296. The number of fused-ring (bicyclic) bond motifs is 1. The van der Waals surface area contributed by atoms with Gasteiger partial charge in [0.25, 0.3) is 0 Å². The van der Waals surface area contributed by atoms with E-state index in [1.54, 1.807) is 12.1 Å². The number of likely N-dealkylation sites (tertiary alicyclic amines) is 1. The fourth-order valence-corrected chi connectivity index (χ4v) is 3.58. The van der Waals surface area contributed by atoms with Crippen molar-refractivity contribution in [3.63, 3.8) is 0 Å². The molecule has 0 bridgehead atoms. The summed E-state index contributed by atoms with van der Waals surface area (Å²) < 4.78 is 13.2. The number of halogens is 1. The fourth-order valence-electron chi connectivity index (χ4n) is 3.58. The number of aromatic nitrogens is 2. The van der Waals surface area contributed by atoms with Crippen molar-refractivity contribution in [1.29, 1.82) is 5.41 Å². The molecule has 0 unspecified atom stereocenters. The van der Waals surface area contributed by atoms with Gasteiger partial charge in [0.1, 0.15) is 11.7 Å². The van der Waals surface area contributed by atoms with Crippen molar-refractivity contribution in [1.82, 2.24) is 15.1 Å². The molecule has 7 heteroatoms. The molecule has 0 aliphatic carbocycles. The van der Waals surface area contributed by atoms with Gasteiger partial charge in [0, 0.05) is 16.5 Å². The number of hydrogen-bond acceptors (Lipinski definition) is 3. The van der Waals surface area contributed by atoms with Gasteiger partial charge in [0.15, 0.2) is 5.84 Å². The maximum Gasteiger partial charge on any atom is 0.153 e. The molecule has 0 saturated carbocycles. The summed E-state index contributed by atoms with van der Waals surface area (Å²) in [4.78, 5) is 6.58. The number of nitrogens with one attached hydrogen (secondary N) is 2. The zero-order chi connectivity index (χ0) is 19.5. The van der Waals surface area contributed by atoms with Crippen LogP contribution in [0.3, 0.4) is 0 Å². The first-order valence-corrected chi connectivity index (χ1v) is 9.48. The summed E-state index contributed by atoms with van der Waals surface area (Å²) in [5, 5.41) is 16.5. The molecule has 6 nitrogen and oxygen atoms in total. The zero-order valence-corrected chi connectivity index (χ0v) is 15.6. The summed E-state index contributed by atoms with van der Waals surface area (Å²) in [6, 6.07) is 11.8. The molecular weight excluding hydrogens is 355 g/mol. The number of nitrogens with zero attached hydrogens (tertiary/aromatic N) is 3. The molecule has 4 rings (SSSR count). The monoisotopic (exact) mass is 378 g/mol. The molecule has 4 N–H and O–H groups in total. The number of aromatic amines is 1. The normalized spacial score (nSPS) is 15.8. The second-order valence-electron chi connectivity index (χ2n) is 7.13. The molecule has 0 spiro atoms. The fraction of sp³-hybridized carbons (Fsp3) is 0.286. The third-order valence-corrected chi connectivity index (χ3v) is 5.04. The van der Waals surface area contributed by atoms with E-state index >= 15 is 0 Å². The summed E-state index contributed by atoms with van der Waals surface area (Å²) >= 11 is 0. The lowest BCUT2D eigenvalue weighted by atomic mass is 10.1. The van der Waals surface area contributed by atoms with Crippen molar-refractivity contribution in [2.75, 3.05) is 19.6 Å². The molecule has 1 fully saturated rings. The average molecular weight is 378 g/mol. The molecule has 3 aromatic rings. The SMILES string of the molecule is N=C(N=C(N)CN1CCCCC1)c1ccc2[nH]nc(-c3ccc(F)cc3)c2c1. The molecule has 144 valence electrons. The summed E-state index contributed by atoms with van der Waals surface area (Å²) in [6.45, 7) is 2.66. The number of H-pyrrole nitrogens is 1. The third kappa shape index (κ3) is 3.94. The Morgan fingerprint density at radius 2 is 1.89 bits per heavy atom. The Labute approximate surface area is 162 Å². The molecule has 1 aliphatic heterocycles. The van der Waals surface area contributed by atoms with Gasteiger partial charge in [-0.1, -0.05) is 6.42 Å². The van der Waals surface area contributed by atoms with Gasteiger partial charge >= 0.3 is 0 Å². The maximum atomic E-state index is 13.2. The van der Waals surface area contributed by atoms with Gasteiger partial charge in [-0.05, 0) is 68.4 Å². The lowest BCUT2D eigenvalue weighted by molar-refractivity contribution is 0.258. The summed E-state index contributed by atoms with van der Waals surface area (Å²) in [5.41, 5.74) is 9.13. The Balaban J connectivity index is 1.58. The van der Waals surface area contributed by atoms with Crippen LogP contribution in [0.25, 0.3) is 22.2 Å². The van der Waals surface area contributed by atoms with Crippen molar-refractivity contribution in [2.24, 2.45) is 10.7 Å². The van der Waals surface area contributed by atoms with E-state index in [0.717, 1.165) is 35.2 Å². The van der Waals surface area contributed by atoms with Crippen molar-refractivity contribution >= 4 is 22.6 Å². The predicted molar refractivity (Wildman–Crippen MR) is 110 cm³/mol. The van der Waals surface area contributed by atoms with Crippen LogP contribution >= 0.6 is 0 Å². The van der Waals surface area contributed by atoms with Crippen LogP contribution in [0.15, 0.2) is 47.5 Å². The van der Waals surface area contributed by atoms with Crippen molar-refractivity contribution in [3.8, 4) is 11.3 Å². The lowest BCUT2D eigenvalue weighted by Gasteiger charge is -2.25. The number of nitrogens with two attached hydrogens (primary N) is 1. The van der Waals surface area contributed by atoms with Crippen LogP contribution in [0.2, 0.25) is 0 Å². The zero-order valence-electron chi connectivity index (χ0n) is 15.6. The van der Waals surface area contributed by atoms with Gasteiger partial charge in [-0.25, -0.2) is 9.38 Å². The second kappa shape index (κ2) is 7.90. The number of benzene rings is 2. The first kappa shape index (κ1) is 18.3. The highest BCUT2D eigenvalue weighted by molar-refractivity contribution is 6.07. The minimum absolute atomic E-state index is 0.127. The van der Waals surface area contributed by atoms with Crippen LogP contribution in [-0.2, 0) is 0 Å². The van der Waals surface area contributed by atoms with Gasteiger partial charge in [0.2, 0.25) is 0 Å². The smallest absolute Gasteiger partial charge is 0.153 e. The van der Waals surface area contributed by atoms with E-state index in [1.807, 2.05) is 18.2 Å².